The van der Waals surface area contributed by atoms with E-state index in [9.17, 15) is 9.59 Å². The number of carboxylic acid groups (broad SMARTS) is 1. The fourth-order valence-corrected chi connectivity index (χ4v) is 2.50. The lowest BCUT2D eigenvalue weighted by molar-refractivity contribution is 0.0686. The van der Waals surface area contributed by atoms with E-state index >= 15 is 0 Å². The Bertz CT molecular complexity index is 446. The lowest BCUT2D eigenvalue weighted by Gasteiger charge is -2.19. The fraction of sp³-hybridized carbons (Fsp3) is 0.538. The van der Waals surface area contributed by atoms with E-state index in [4.69, 9.17) is 9.52 Å². The summed E-state index contributed by atoms with van der Waals surface area (Å²) >= 11 is 0. The summed E-state index contributed by atoms with van der Waals surface area (Å²) in [5.74, 6) is -1.23. The molecule has 0 saturated heterocycles. The molecule has 1 heterocycles. The van der Waals surface area contributed by atoms with Gasteiger partial charge in [-0.1, -0.05) is 12.8 Å². The average Bonchev–Trinajstić information content (AvgIpc) is 3.00. The van der Waals surface area contributed by atoms with Crippen LogP contribution in [0, 0.1) is 5.92 Å². The lowest BCUT2D eigenvalue weighted by atomic mass is 10.00. The molecule has 1 atom stereocenters. The molecular weight excluding hydrogens is 234 g/mol. The quantitative estimate of drug-likeness (QED) is 0.860. The third-order valence-corrected chi connectivity index (χ3v) is 3.57. The summed E-state index contributed by atoms with van der Waals surface area (Å²) in [6.45, 7) is 1.96. The summed E-state index contributed by atoms with van der Waals surface area (Å²) < 4.78 is 4.96. The first-order valence-corrected chi connectivity index (χ1v) is 6.21. The molecule has 2 rings (SSSR count). The molecule has 1 aliphatic rings. The van der Waals surface area contributed by atoms with E-state index in [0.717, 1.165) is 12.8 Å². The second-order valence-electron chi connectivity index (χ2n) is 4.78. The first-order chi connectivity index (χ1) is 8.59. The van der Waals surface area contributed by atoms with Gasteiger partial charge in [0.25, 0.3) is 5.91 Å². The van der Waals surface area contributed by atoms with E-state index in [1.165, 1.54) is 25.2 Å². The van der Waals surface area contributed by atoms with E-state index in [2.05, 4.69) is 5.32 Å². The molecule has 0 radical (unpaired) electrons. The van der Waals surface area contributed by atoms with E-state index in [0.29, 0.717) is 5.92 Å². The van der Waals surface area contributed by atoms with Crippen molar-refractivity contribution in [3.63, 3.8) is 0 Å². The Labute approximate surface area is 105 Å². The third-order valence-electron chi connectivity index (χ3n) is 3.57. The molecule has 1 aromatic heterocycles. The van der Waals surface area contributed by atoms with Gasteiger partial charge in [0, 0.05) is 6.04 Å². The largest absolute Gasteiger partial charge is 0.478 e. The van der Waals surface area contributed by atoms with Crippen molar-refractivity contribution < 1.29 is 19.1 Å². The van der Waals surface area contributed by atoms with Crippen LogP contribution < -0.4 is 5.32 Å². The van der Waals surface area contributed by atoms with Gasteiger partial charge >= 0.3 is 5.97 Å². The molecule has 0 spiro atoms. The van der Waals surface area contributed by atoms with Crippen LogP contribution in [0.1, 0.15) is 53.5 Å². The molecule has 2 N–H and O–H groups in total. The third kappa shape index (κ3) is 2.55. The maximum Gasteiger partial charge on any atom is 0.339 e. The average molecular weight is 251 g/mol. The van der Waals surface area contributed by atoms with Crippen LogP contribution in [-0.4, -0.2) is 23.0 Å². The molecule has 1 aliphatic carbocycles. The predicted molar refractivity (Wildman–Crippen MR) is 64.6 cm³/mol. The van der Waals surface area contributed by atoms with Crippen molar-refractivity contribution >= 4 is 11.9 Å². The Kier molecular flexibility index (Phi) is 3.69. The fourth-order valence-electron chi connectivity index (χ4n) is 2.50. The van der Waals surface area contributed by atoms with Gasteiger partial charge in [-0.3, -0.25) is 4.79 Å². The van der Waals surface area contributed by atoms with Crippen LogP contribution in [0.2, 0.25) is 0 Å². The van der Waals surface area contributed by atoms with Crippen molar-refractivity contribution in [3.8, 4) is 0 Å². The molecular formula is C13H17NO4. The molecule has 1 amide bonds. The predicted octanol–water partition coefficient (Wildman–Crippen LogP) is 2.29. The monoisotopic (exact) mass is 251 g/mol. The second kappa shape index (κ2) is 5.25. The maximum absolute atomic E-state index is 11.9. The molecule has 1 fully saturated rings. The summed E-state index contributed by atoms with van der Waals surface area (Å²) in [7, 11) is 0. The minimum absolute atomic E-state index is 0.0479. The molecule has 1 saturated carbocycles. The summed E-state index contributed by atoms with van der Waals surface area (Å²) in [6.07, 6.45) is 5.85. The summed E-state index contributed by atoms with van der Waals surface area (Å²) in [6, 6.07) is 1.34. The summed E-state index contributed by atoms with van der Waals surface area (Å²) in [5.41, 5.74) is -0.0916. The van der Waals surface area contributed by atoms with Gasteiger partial charge in [0.05, 0.1) is 6.26 Å². The van der Waals surface area contributed by atoms with Gasteiger partial charge in [-0.25, -0.2) is 4.79 Å². The first kappa shape index (κ1) is 12.7. The Morgan fingerprint density at radius 2 is 2.11 bits per heavy atom. The van der Waals surface area contributed by atoms with E-state index in [1.807, 2.05) is 6.92 Å². The lowest BCUT2D eigenvalue weighted by Crippen LogP contribution is -2.37. The molecule has 5 nitrogen and oxygen atoms in total. The Morgan fingerprint density at radius 3 is 2.72 bits per heavy atom. The van der Waals surface area contributed by atoms with Crippen molar-refractivity contribution in [1.29, 1.82) is 0 Å². The van der Waals surface area contributed by atoms with Gasteiger partial charge in [0.1, 0.15) is 5.56 Å². The Balaban J connectivity index is 2.02. The minimum Gasteiger partial charge on any atom is -0.478 e. The van der Waals surface area contributed by atoms with Crippen molar-refractivity contribution in [3.05, 3.63) is 23.7 Å². The standard InChI is InChI=1S/C13H17NO4/c1-8(9-4-2-3-5-9)14-12(15)11-10(13(16)17)6-7-18-11/h6-9H,2-5H2,1H3,(H,14,15)(H,16,17). The normalized spacial score (nSPS) is 17.6. The number of carbonyl (C=O) groups excluding carboxylic acids is 1. The van der Waals surface area contributed by atoms with Crippen molar-refractivity contribution in [2.45, 2.75) is 38.6 Å². The summed E-state index contributed by atoms with van der Waals surface area (Å²) in [5, 5.41) is 11.7. The van der Waals surface area contributed by atoms with E-state index in [1.54, 1.807) is 0 Å². The number of amides is 1. The molecule has 0 aromatic carbocycles. The SMILES string of the molecule is CC(NC(=O)c1occc1C(=O)O)C1CCCC1. The minimum atomic E-state index is -1.15. The highest BCUT2D eigenvalue weighted by Crippen LogP contribution is 2.27. The topological polar surface area (TPSA) is 79.5 Å². The van der Waals surface area contributed by atoms with Crippen molar-refractivity contribution in [2.75, 3.05) is 0 Å². The van der Waals surface area contributed by atoms with Crippen LogP contribution >= 0.6 is 0 Å². The van der Waals surface area contributed by atoms with Gasteiger partial charge in [-0.15, -0.1) is 0 Å². The van der Waals surface area contributed by atoms with Gasteiger partial charge in [0.2, 0.25) is 5.76 Å². The van der Waals surface area contributed by atoms with Crippen LogP contribution in [0.3, 0.4) is 0 Å². The van der Waals surface area contributed by atoms with Crippen LogP contribution in [0.5, 0.6) is 0 Å². The van der Waals surface area contributed by atoms with Crippen LogP contribution in [0.15, 0.2) is 16.7 Å². The molecule has 0 aliphatic heterocycles. The molecule has 98 valence electrons. The number of furan rings is 1. The van der Waals surface area contributed by atoms with Crippen LogP contribution in [0.4, 0.5) is 0 Å². The smallest absolute Gasteiger partial charge is 0.339 e. The highest BCUT2D eigenvalue weighted by atomic mass is 16.4. The zero-order chi connectivity index (χ0) is 13.1. The highest BCUT2D eigenvalue weighted by Gasteiger charge is 2.26. The number of rotatable bonds is 4. The van der Waals surface area contributed by atoms with Crippen molar-refractivity contribution in [2.24, 2.45) is 5.92 Å². The number of nitrogens with one attached hydrogen (secondary N) is 1. The second-order valence-corrected chi connectivity index (χ2v) is 4.78. The maximum atomic E-state index is 11.9. The zero-order valence-corrected chi connectivity index (χ0v) is 10.3. The van der Waals surface area contributed by atoms with E-state index in [-0.39, 0.29) is 17.4 Å². The molecule has 0 bridgehead atoms. The van der Waals surface area contributed by atoms with Crippen molar-refractivity contribution in [1.82, 2.24) is 5.32 Å². The number of carbonyl (C=O) groups is 2. The zero-order valence-electron chi connectivity index (χ0n) is 10.3. The number of aromatic carboxylic acids is 1. The Hall–Kier alpha value is -1.78. The molecule has 18 heavy (non-hydrogen) atoms. The molecule has 1 unspecified atom stereocenters. The van der Waals surface area contributed by atoms with Gasteiger partial charge in [0.15, 0.2) is 0 Å². The van der Waals surface area contributed by atoms with Gasteiger partial charge in [-0.2, -0.15) is 0 Å². The number of carboxylic acids is 1. The van der Waals surface area contributed by atoms with E-state index < -0.39 is 11.9 Å². The highest BCUT2D eigenvalue weighted by molar-refractivity contribution is 6.02. The van der Waals surface area contributed by atoms with Crippen LogP contribution in [0.25, 0.3) is 0 Å². The number of hydrogen-bond donors (Lipinski definition) is 2. The molecule has 5 heteroatoms. The van der Waals surface area contributed by atoms with Gasteiger partial charge < -0.3 is 14.8 Å². The Morgan fingerprint density at radius 1 is 1.44 bits per heavy atom. The molecule has 1 aromatic rings. The van der Waals surface area contributed by atoms with Crippen LogP contribution in [-0.2, 0) is 0 Å². The number of hydrogen-bond acceptors (Lipinski definition) is 3. The first-order valence-electron chi connectivity index (χ1n) is 6.21. The summed E-state index contributed by atoms with van der Waals surface area (Å²) in [4.78, 5) is 22.8. The van der Waals surface area contributed by atoms with Gasteiger partial charge in [-0.05, 0) is 31.7 Å².